The molecule has 112 valence electrons. The molecule has 0 bridgehead atoms. The lowest BCUT2D eigenvalue weighted by Gasteiger charge is -2.38. The maximum atomic E-state index is 11.6. The molecular formula is C12H20N4O3S. The van der Waals surface area contributed by atoms with Gasteiger partial charge >= 0.3 is 0 Å². The van der Waals surface area contributed by atoms with Crippen molar-refractivity contribution in [2.75, 3.05) is 37.9 Å². The third-order valence-corrected chi connectivity index (χ3v) is 4.70. The number of hydrogen-bond acceptors (Lipinski definition) is 6. The normalized spacial score (nSPS) is 19.7. The van der Waals surface area contributed by atoms with E-state index in [1.807, 2.05) is 11.9 Å². The highest BCUT2D eigenvalue weighted by atomic mass is 32.2. The molecule has 1 aliphatic heterocycles. The van der Waals surface area contributed by atoms with E-state index in [0.29, 0.717) is 30.4 Å². The third-order valence-electron chi connectivity index (χ3n) is 3.41. The number of anilines is 1. The van der Waals surface area contributed by atoms with Crippen molar-refractivity contribution in [3.8, 4) is 0 Å². The number of hydrogen-bond donors (Lipinski definition) is 1. The number of nitrogens with zero attached hydrogens (tertiary/aromatic N) is 4. The van der Waals surface area contributed by atoms with Gasteiger partial charge in [-0.3, -0.25) is 0 Å². The molecule has 7 nitrogen and oxygen atoms in total. The number of rotatable bonds is 5. The van der Waals surface area contributed by atoms with E-state index in [4.69, 9.17) is 5.11 Å². The molecule has 1 fully saturated rings. The van der Waals surface area contributed by atoms with Gasteiger partial charge in [-0.15, -0.1) is 0 Å². The molecule has 20 heavy (non-hydrogen) atoms. The van der Waals surface area contributed by atoms with Crippen molar-refractivity contribution in [1.29, 1.82) is 0 Å². The SMILES string of the molecule is Cc1nc([C@@H]2CCN2S(C)(=O)=O)cc(N(C)CCO)n1. The van der Waals surface area contributed by atoms with Crippen molar-refractivity contribution >= 4 is 15.8 Å². The van der Waals surface area contributed by atoms with Crippen molar-refractivity contribution in [2.24, 2.45) is 0 Å². The average molecular weight is 300 g/mol. The summed E-state index contributed by atoms with van der Waals surface area (Å²) in [6.07, 6.45) is 1.98. The van der Waals surface area contributed by atoms with E-state index in [9.17, 15) is 8.42 Å². The summed E-state index contributed by atoms with van der Waals surface area (Å²) in [4.78, 5) is 10.5. The van der Waals surface area contributed by atoms with Crippen LogP contribution in [0.4, 0.5) is 5.82 Å². The maximum Gasteiger partial charge on any atom is 0.211 e. The first-order chi connectivity index (χ1) is 9.32. The second-order valence-corrected chi connectivity index (χ2v) is 6.96. The Morgan fingerprint density at radius 1 is 1.50 bits per heavy atom. The van der Waals surface area contributed by atoms with Gasteiger partial charge < -0.3 is 10.0 Å². The van der Waals surface area contributed by atoms with Crippen molar-refractivity contribution in [3.63, 3.8) is 0 Å². The average Bonchev–Trinajstić information content (AvgIpc) is 2.24. The molecule has 1 aromatic heterocycles. The van der Waals surface area contributed by atoms with Gasteiger partial charge in [0.1, 0.15) is 11.6 Å². The van der Waals surface area contributed by atoms with E-state index < -0.39 is 10.0 Å². The lowest BCUT2D eigenvalue weighted by atomic mass is 10.0. The maximum absolute atomic E-state index is 11.6. The molecule has 1 aliphatic rings. The van der Waals surface area contributed by atoms with Crippen LogP contribution in [0.2, 0.25) is 0 Å². The van der Waals surface area contributed by atoms with Crippen LogP contribution in [-0.4, -0.2) is 60.8 Å². The zero-order chi connectivity index (χ0) is 14.9. The van der Waals surface area contributed by atoms with Crippen LogP contribution in [0.3, 0.4) is 0 Å². The van der Waals surface area contributed by atoms with Crippen LogP contribution in [0.5, 0.6) is 0 Å². The van der Waals surface area contributed by atoms with E-state index in [1.165, 1.54) is 10.6 Å². The fraction of sp³-hybridized carbons (Fsp3) is 0.667. The summed E-state index contributed by atoms with van der Waals surface area (Å²) in [5.41, 5.74) is 0.717. The predicted molar refractivity (Wildman–Crippen MR) is 76.0 cm³/mol. The van der Waals surface area contributed by atoms with Crippen LogP contribution in [-0.2, 0) is 10.0 Å². The lowest BCUT2D eigenvalue weighted by Crippen LogP contribution is -2.44. The number of aliphatic hydroxyl groups excluding tert-OH is 1. The molecule has 0 saturated carbocycles. The summed E-state index contributed by atoms with van der Waals surface area (Å²) in [5.74, 6) is 1.30. The van der Waals surface area contributed by atoms with E-state index >= 15 is 0 Å². The van der Waals surface area contributed by atoms with E-state index in [1.54, 1.807) is 13.0 Å². The molecule has 0 spiro atoms. The lowest BCUT2D eigenvalue weighted by molar-refractivity contribution is 0.198. The highest BCUT2D eigenvalue weighted by Gasteiger charge is 2.37. The first-order valence-corrected chi connectivity index (χ1v) is 8.32. The number of likely N-dealkylation sites (N-methyl/N-ethyl adjacent to an activating group) is 1. The van der Waals surface area contributed by atoms with Crippen LogP contribution in [0.1, 0.15) is 24.0 Å². The third kappa shape index (κ3) is 3.08. The van der Waals surface area contributed by atoms with Gasteiger partial charge in [-0.25, -0.2) is 18.4 Å². The van der Waals surface area contributed by atoms with Crippen molar-refractivity contribution < 1.29 is 13.5 Å². The fourth-order valence-electron chi connectivity index (χ4n) is 2.26. The quantitative estimate of drug-likeness (QED) is 0.818. The Bertz CT molecular complexity index is 590. The van der Waals surface area contributed by atoms with Crippen molar-refractivity contribution in [1.82, 2.24) is 14.3 Å². The zero-order valence-corrected chi connectivity index (χ0v) is 12.8. The molecule has 0 aromatic carbocycles. The number of sulfonamides is 1. The molecule has 1 atom stereocenters. The Morgan fingerprint density at radius 2 is 2.20 bits per heavy atom. The van der Waals surface area contributed by atoms with Gasteiger partial charge in [-0.2, -0.15) is 4.31 Å². The van der Waals surface area contributed by atoms with Crippen LogP contribution in [0.15, 0.2) is 6.07 Å². The highest BCUT2D eigenvalue weighted by Crippen LogP contribution is 2.35. The molecule has 1 saturated heterocycles. The Hall–Kier alpha value is -1.25. The van der Waals surface area contributed by atoms with Crippen molar-refractivity contribution in [2.45, 2.75) is 19.4 Å². The Kier molecular flexibility index (Phi) is 4.26. The minimum Gasteiger partial charge on any atom is -0.395 e. The smallest absolute Gasteiger partial charge is 0.211 e. The van der Waals surface area contributed by atoms with Gasteiger partial charge in [0.15, 0.2) is 0 Å². The minimum absolute atomic E-state index is 0.0355. The Morgan fingerprint density at radius 3 is 2.70 bits per heavy atom. The van der Waals surface area contributed by atoms with Crippen molar-refractivity contribution in [3.05, 3.63) is 17.6 Å². The highest BCUT2D eigenvalue weighted by molar-refractivity contribution is 7.88. The van der Waals surface area contributed by atoms with Crippen LogP contribution in [0.25, 0.3) is 0 Å². The second kappa shape index (κ2) is 5.63. The molecule has 0 aliphatic carbocycles. The standard InChI is InChI=1S/C12H20N4O3S/c1-9-13-10(8-12(14-9)15(2)6-7-17)11-4-5-16(11)20(3,18)19/h8,11,17H,4-7H2,1-3H3/t11-/m0/s1. The Labute approximate surface area is 119 Å². The largest absolute Gasteiger partial charge is 0.395 e. The summed E-state index contributed by atoms with van der Waals surface area (Å²) in [6.45, 7) is 2.82. The molecule has 0 radical (unpaired) electrons. The molecule has 0 unspecified atom stereocenters. The van der Waals surface area contributed by atoms with E-state index in [2.05, 4.69) is 9.97 Å². The fourth-order valence-corrected chi connectivity index (χ4v) is 3.37. The number of aliphatic hydroxyl groups is 1. The molecular weight excluding hydrogens is 280 g/mol. The monoisotopic (exact) mass is 300 g/mol. The summed E-state index contributed by atoms with van der Waals surface area (Å²) in [5, 5.41) is 8.98. The van der Waals surface area contributed by atoms with E-state index in [-0.39, 0.29) is 12.6 Å². The molecule has 8 heteroatoms. The van der Waals surface area contributed by atoms with Gasteiger partial charge in [-0.1, -0.05) is 0 Å². The second-order valence-electron chi connectivity index (χ2n) is 5.02. The molecule has 1 aromatic rings. The van der Waals surface area contributed by atoms with Gasteiger partial charge in [0.05, 0.1) is 24.6 Å². The minimum atomic E-state index is -3.20. The predicted octanol–water partition coefficient (Wildman–Crippen LogP) is -0.0801. The number of aryl methyl sites for hydroxylation is 1. The van der Waals surface area contributed by atoms with Gasteiger partial charge in [0, 0.05) is 26.2 Å². The zero-order valence-electron chi connectivity index (χ0n) is 11.9. The summed E-state index contributed by atoms with van der Waals surface area (Å²) < 4.78 is 24.7. The summed E-state index contributed by atoms with van der Waals surface area (Å²) in [6, 6.07) is 1.60. The first-order valence-electron chi connectivity index (χ1n) is 6.47. The first kappa shape index (κ1) is 15.1. The molecule has 2 heterocycles. The van der Waals surface area contributed by atoms with Gasteiger partial charge in [0.25, 0.3) is 0 Å². The topological polar surface area (TPSA) is 86.6 Å². The van der Waals surface area contributed by atoms with Crippen LogP contribution in [0, 0.1) is 6.92 Å². The molecule has 0 amide bonds. The van der Waals surface area contributed by atoms with Crippen LogP contribution >= 0.6 is 0 Å². The molecule has 1 N–H and O–H groups in total. The Balaban J connectivity index is 2.29. The summed E-state index contributed by atoms with van der Waals surface area (Å²) >= 11 is 0. The van der Waals surface area contributed by atoms with Gasteiger partial charge in [-0.05, 0) is 13.3 Å². The van der Waals surface area contributed by atoms with Gasteiger partial charge in [0.2, 0.25) is 10.0 Å². The number of aromatic nitrogens is 2. The van der Waals surface area contributed by atoms with E-state index in [0.717, 1.165) is 6.42 Å². The molecule has 2 rings (SSSR count). The summed E-state index contributed by atoms with van der Waals surface area (Å²) in [7, 11) is -1.37. The van der Waals surface area contributed by atoms with Crippen LogP contribution < -0.4 is 4.90 Å².